The van der Waals surface area contributed by atoms with Gasteiger partial charge in [0.1, 0.15) is 19.3 Å². The predicted molar refractivity (Wildman–Crippen MR) is 408 cm³/mol. The number of aliphatic hydroxyl groups excluding tert-OH is 1. The molecule has 17 nitrogen and oxygen atoms in total. The number of ether oxygens (including phenoxy) is 4. The number of carbonyl (C=O) groups excluding carboxylic acids is 4. The lowest BCUT2D eigenvalue weighted by molar-refractivity contribution is -0.161. The van der Waals surface area contributed by atoms with Gasteiger partial charge in [0.15, 0.2) is 12.2 Å². The normalized spacial score (nSPS) is 14.5. The topological polar surface area (TPSA) is 237 Å². The Labute approximate surface area is 607 Å². The third-order valence-electron chi connectivity index (χ3n) is 16.2. The van der Waals surface area contributed by atoms with E-state index < -0.39 is 97.5 Å². The van der Waals surface area contributed by atoms with Gasteiger partial charge in [-0.05, 0) is 128 Å². The van der Waals surface area contributed by atoms with E-state index in [-0.39, 0.29) is 25.7 Å². The van der Waals surface area contributed by atoms with Crippen molar-refractivity contribution < 1.29 is 80.2 Å². The third kappa shape index (κ3) is 72.1. The molecule has 0 aliphatic rings. The number of aliphatic hydroxyl groups is 1. The lowest BCUT2D eigenvalue weighted by atomic mass is 10.1. The average Bonchev–Trinajstić information content (AvgIpc) is 0.937. The zero-order valence-corrected chi connectivity index (χ0v) is 64.6. The summed E-state index contributed by atoms with van der Waals surface area (Å²) in [5, 5.41) is 10.6. The summed E-state index contributed by atoms with van der Waals surface area (Å²) in [6.07, 6.45) is 77.9. The highest BCUT2D eigenvalue weighted by Gasteiger charge is 2.30. The fourth-order valence-electron chi connectivity index (χ4n) is 10.3. The maximum atomic E-state index is 13.1. The number of phosphoric ester groups is 2. The van der Waals surface area contributed by atoms with Crippen LogP contribution in [0.1, 0.15) is 323 Å². The van der Waals surface area contributed by atoms with Crippen LogP contribution in [0, 0.1) is 0 Å². The Morgan fingerprint density at radius 1 is 0.290 bits per heavy atom. The van der Waals surface area contributed by atoms with Gasteiger partial charge >= 0.3 is 39.5 Å². The molecular formula is C81H140O17P2. The zero-order chi connectivity index (χ0) is 73.2. The van der Waals surface area contributed by atoms with Crippen LogP contribution in [0.5, 0.6) is 0 Å². The molecule has 0 heterocycles. The summed E-state index contributed by atoms with van der Waals surface area (Å²) in [6.45, 7) is 4.62. The molecule has 0 radical (unpaired) electrons. The molecule has 0 rings (SSSR count). The second-order valence-corrected chi connectivity index (χ2v) is 28.8. The molecule has 3 N–H and O–H groups in total. The first-order valence-electron chi connectivity index (χ1n) is 39.1. The van der Waals surface area contributed by atoms with Gasteiger partial charge in [-0.1, -0.05) is 278 Å². The highest BCUT2D eigenvalue weighted by molar-refractivity contribution is 7.47. The summed E-state index contributed by atoms with van der Waals surface area (Å²) in [7, 11) is -9.96. The summed E-state index contributed by atoms with van der Waals surface area (Å²) < 4.78 is 68.5. The number of phosphoric acid groups is 2. The number of unbranched alkanes of at least 4 members (excludes halogenated alkanes) is 29. The van der Waals surface area contributed by atoms with Crippen molar-refractivity contribution in [2.24, 2.45) is 0 Å². The molecule has 5 atom stereocenters. The number of rotatable bonds is 73. The predicted octanol–water partition coefficient (Wildman–Crippen LogP) is 22.6. The summed E-state index contributed by atoms with van der Waals surface area (Å²) in [6, 6.07) is 0. The molecule has 0 bridgehead atoms. The van der Waals surface area contributed by atoms with E-state index in [1.165, 1.54) is 57.8 Å². The Hall–Kier alpha value is -4.28. The molecule has 0 aromatic rings. The van der Waals surface area contributed by atoms with Crippen molar-refractivity contribution in [3.05, 3.63) is 109 Å². The molecule has 0 aromatic heterocycles. The largest absolute Gasteiger partial charge is 0.472 e. The summed E-state index contributed by atoms with van der Waals surface area (Å²) in [4.78, 5) is 72.9. The molecule has 5 unspecified atom stereocenters. The Kier molecular flexibility index (Phi) is 69.9. The van der Waals surface area contributed by atoms with E-state index in [1.807, 2.05) is 0 Å². The van der Waals surface area contributed by atoms with Crippen LogP contribution in [0.4, 0.5) is 0 Å². The highest BCUT2D eigenvalue weighted by Crippen LogP contribution is 2.45. The van der Waals surface area contributed by atoms with E-state index in [0.29, 0.717) is 25.7 Å². The first-order chi connectivity index (χ1) is 48.7. The Morgan fingerprint density at radius 3 is 0.860 bits per heavy atom. The van der Waals surface area contributed by atoms with Crippen LogP contribution in [-0.2, 0) is 65.4 Å². The molecule has 19 heteroatoms. The van der Waals surface area contributed by atoms with Gasteiger partial charge in [0.2, 0.25) is 0 Å². The van der Waals surface area contributed by atoms with Crippen LogP contribution < -0.4 is 0 Å². The maximum Gasteiger partial charge on any atom is 0.472 e. The third-order valence-corrected chi connectivity index (χ3v) is 18.1. The minimum Gasteiger partial charge on any atom is -0.462 e. The van der Waals surface area contributed by atoms with Gasteiger partial charge in [0.25, 0.3) is 0 Å². The quantitative estimate of drug-likeness (QED) is 0.0169. The SMILES string of the molecule is CC/C=C\C/C=C\C/C=C\C/C=C\CCCCCCC(=O)OCC(COP(=O)(O)OCC(O)COP(=O)(O)OCC(COC(=O)CCCCCCCC/C=C\C/C=C\C/C=C\CCCCC)OC(=O)CCCCCCC/C=C\C/C=C\CCC)OC(=O)CCCCCCCCCCCCC. The van der Waals surface area contributed by atoms with Crippen LogP contribution in [-0.4, -0.2) is 96.7 Å². The van der Waals surface area contributed by atoms with E-state index in [2.05, 4.69) is 137 Å². The average molecular weight is 1450 g/mol. The van der Waals surface area contributed by atoms with Crippen LogP contribution in [0.25, 0.3) is 0 Å². The first kappa shape index (κ1) is 95.7. The van der Waals surface area contributed by atoms with Gasteiger partial charge < -0.3 is 33.8 Å². The van der Waals surface area contributed by atoms with Crippen molar-refractivity contribution in [2.75, 3.05) is 39.6 Å². The van der Waals surface area contributed by atoms with Gasteiger partial charge in [-0.25, -0.2) is 9.13 Å². The van der Waals surface area contributed by atoms with Gasteiger partial charge in [0.05, 0.1) is 26.4 Å². The fraction of sp³-hybridized carbons (Fsp3) is 0.728. The van der Waals surface area contributed by atoms with Gasteiger partial charge in [-0.15, -0.1) is 0 Å². The number of allylic oxidation sites excluding steroid dienone is 18. The molecular weight excluding hydrogens is 1310 g/mol. The van der Waals surface area contributed by atoms with Crippen molar-refractivity contribution in [1.29, 1.82) is 0 Å². The standard InChI is InChI=1S/C81H140O17P2/c1-5-9-13-17-21-25-29-32-34-36-37-39-41-44-47-50-54-58-62-66-79(84)92-72-77(98-81(86)68-64-60-56-52-48-42-31-27-23-19-15-11-7-3)74-96-100(89,90)94-70-75(82)69-93-99(87,88)95-73-76(97-80(85)67-63-59-55-51-45-28-24-20-16-12-8-4)71-91-78(83)65-61-57-53-49-46-43-40-38-35-33-30-26-22-18-14-10-6-2/h10,14-15,19,21-22,25-27,31-35,37,39-40,43,75-77,82H,5-9,11-13,16-18,20,23-24,28-30,36,38,41-42,44-74H2,1-4H3,(H,87,88)(H,89,90)/b14-10-,19-15-,25-21-,26-22-,31-27-,34-32-,35-33-,39-37-,43-40-. The van der Waals surface area contributed by atoms with E-state index >= 15 is 0 Å². The van der Waals surface area contributed by atoms with Crippen molar-refractivity contribution in [1.82, 2.24) is 0 Å². The molecule has 0 aliphatic carbocycles. The van der Waals surface area contributed by atoms with Crippen LogP contribution in [0.3, 0.4) is 0 Å². The summed E-state index contributed by atoms with van der Waals surface area (Å²) in [5.41, 5.74) is 0. The lowest BCUT2D eigenvalue weighted by Gasteiger charge is -2.21. The molecule has 0 saturated carbocycles. The van der Waals surface area contributed by atoms with Crippen molar-refractivity contribution >= 4 is 39.5 Å². The van der Waals surface area contributed by atoms with E-state index in [0.717, 1.165) is 186 Å². The summed E-state index contributed by atoms with van der Waals surface area (Å²) >= 11 is 0. The second-order valence-electron chi connectivity index (χ2n) is 25.9. The van der Waals surface area contributed by atoms with Crippen molar-refractivity contribution in [2.45, 2.75) is 341 Å². The van der Waals surface area contributed by atoms with E-state index in [9.17, 15) is 43.2 Å². The highest BCUT2D eigenvalue weighted by atomic mass is 31.2. The van der Waals surface area contributed by atoms with Crippen LogP contribution in [0.15, 0.2) is 109 Å². The Morgan fingerprint density at radius 2 is 0.540 bits per heavy atom. The molecule has 0 amide bonds. The number of hydrogen-bond acceptors (Lipinski definition) is 15. The maximum absolute atomic E-state index is 13.1. The molecule has 100 heavy (non-hydrogen) atoms. The molecule has 0 saturated heterocycles. The number of esters is 4. The van der Waals surface area contributed by atoms with E-state index in [1.54, 1.807) is 0 Å². The van der Waals surface area contributed by atoms with Crippen LogP contribution >= 0.6 is 15.6 Å². The molecule has 0 aliphatic heterocycles. The second kappa shape index (κ2) is 73.0. The molecule has 0 aromatic carbocycles. The van der Waals surface area contributed by atoms with Crippen molar-refractivity contribution in [3.8, 4) is 0 Å². The molecule has 576 valence electrons. The fourth-order valence-corrected chi connectivity index (χ4v) is 11.8. The zero-order valence-electron chi connectivity index (χ0n) is 62.8. The Bertz CT molecular complexity index is 2320. The molecule has 0 fully saturated rings. The minimum atomic E-state index is -4.98. The van der Waals surface area contributed by atoms with Crippen molar-refractivity contribution in [3.63, 3.8) is 0 Å². The van der Waals surface area contributed by atoms with Gasteiger partial charge in [-0.3, -0.25) is 37.3 Å². The smallest absolute Gasteiger partial charge is 0.462 e. The van der Waals surface area contributed by atoms with E-state index in [4.69, 9.17) is 37.0 Å². The van der Waals surface area contributed by atoms with Gasteiger partial charge in [-0.2, -0.15) is 0 Å². The Balaban J connectivity index is 5.33. The lowest BCUT2D eigenvalue weighted by Crippen LogP contribution is -2.30. The monoisotopic (exact) mass is 1450 g/mol. The number of carbonyl (C=O) groups is 4. The van der Waals surface area contributed by atoms with Gasteiger partial charge in [0, 0.05) is 25.7 Å². The summed E-state index contributed by atoms with van der Waals surface area (Å²) in [5.74, 6) is -2.22. The molecule has 0 spiro atoms. The minimum absolute atomic E-state index is 0.0748. The number of hydrogen-bond donors (Lipinski definition) is 3. The first-order valence-corrected chi connectivity index (χ1v) is 42.1. The van der Waals surface area contributed by atoms with Crippen LogP contribution in [0.2, 0.25) is 0 Å².